The maximum Gasteiger partial charge on any atom is 0.303 e. The molecule has 4 rings (SSSR count). The Hall–Kier alpha value is -3.08. The molecule has 1 saturated heterocycles. The van der Waals surface area contributed by atoms with Crippen LogP contribution in [0.2, 0.25) is 0 Å². The van der Waals surface area contributed by atoms with Gasteiger partial charge in [-0.3, -0.25) is 9.59 Å². The number of anilines is 1. The van der Waals surface area contributed by atoms with E-state index in [2.05, 4.69) is 10.6 Å². The monoisotopic (exact) mass is 348 g/mol. The molecule has 132 valence electrons. The van der Waals surface area contributed by atoms with Crippen LogP contribution in [0.3, 0.4) is 0 Å². The van der Waals surface area contributed by atoms with E-state index in [0.29, 0.717) is 6.42 Å². The van der Waals surface area contributed by atoms with Crippen molar-refractivity contribution >= 4 is 23.6 Å². The third-order valence-electron chi connectivity index (χ3n) is 5.03. The van der Waals surface area contributed by atoms with Crippen LogP contribution in [0, 0.1) is 5.92 Å². The first-order chi connectivity index (χ1) is 12.6. The number of nitrogens with one attached hydrogen (secondary N) is 2. The highest BCUT2D eigenvalue weighted by Crippen LogP contribution is 2.39. The van der Waals surface area contributed by atoms with Gasteiger partial charge in [0.15, 0.2) is 0 Å². The van der Waals surface area contributed by atoms with Gasteiger partial charge in [0.2, 0.25) is 0 Å². The van der Waals surface area contributed by atoms with Gasteiger partial charge in [0.05, 0.1) is 0 Å². The standard InChI is InChI=1S/C21H20N2O3/c24-19(25)7-3-4-13-8-10-17-15(12-13)20(21(26)23-17)18-11-9-14-5-1-2-6-16(14)22-18/h1-2,5-6,8-11,15,22H,3-4,7,12H2,(H,23,26)(H,24,25). The molecule has 1 amide bonds. The predicted molar refractivity (Wildman–Crippen MR) is 100 cm³/mol. The molecule has 0 aromatic heterocycles. The van der Waals surface area contributed by atoms with Crippen molar-refractivity contribution in [1.82, 2.24) is 5.32 Å². The van der Waals surface area contributed by atoms with Gasteiger partial charge in [-0.2, -0.15) is 0 Å². The van der Waals surface area contributed by atoms with Gasteiger partial charge in [-0.15, -0.1) is 0 Å². The Balaban J connectivity index is 1.57. The Bertz CT molecular complexity index is 906. The van der Waals surface area contributed by atoms with Crippen molar-refractivity contribution in [3.63, 3.8) is 0 Å². The first-order valence-corrected chi connectivity index (χ1v) is 8.83. The summed E-state index contributed by atoms with van der Waals surface area (Å²) >= 11 is 0. The van der Waals surface area contributed by atoms with Crippen LogP contribution in [0.1, 0.15) is 31.2 Å². The molecule has 0 spiro atoms. The summed E-state index contributed by atoms with van der Waals surface area (Å²) < 4.78 is 0. The molecule has 26 heavy (non-hydrogen) atoms. The zero-order valence-corrected chi connectivity index (χ0v) is 14.3. The number of hydrogen-bond acceptors (Lipinski definition) is 3. The highest BCUT2D eigenvalue weighted by atomic mass is 16.4. The number of benzene rings is 1. The van der Waals surface area contributed by atoms with Gasteiger partial charge in [-0.1, -0.05) is 35.9 Å². The fourth-order valence-electron chi connectivity index (χ4n) is 3.74. The van der Waals surface area contributed by atoms with E-state index in [-0.39, 0.29) is 18.2 Å². The molecule has 2 heterocycles. The van der Waals surface area contributed by atoms with Crippen LogP contribution in [0.5, 0.6) is 0 Å². The Morgan fingerprint density at radius 3 is 2.85 bits per heavy atom. The SMILES string of the molecule is O=C(O)CCCC1=CC=C2NC(=O)C(=C3C=Cc4ccccc4N3)C2C1. The van der Waals surface area contributed by atoms with E-state index < -0.39 is 5.97 Å². The Kier molecular flexibility index (Phi) is 4.21. The van der Waals surface area contributed by atoms with E-state index in [0.717, 1.165) is 41.1 Å². The molecule has 1 fully saturated rings. The van der Waals surface area contributed by atoms with Gasteiger partial charge in [-0.25, -0.2) is 0 Å². The average Bonchev–Trinajstić information content (AvgIpc) is 2.96. The average molecular weight is 348 g/mol. The Morgan fingerprint density at radius 1 is 1.15 bits per heavy atom. The number of carboxylic acid groups (broad SMARTS) is 1. The molecular weight excluding hydrogens is 328 g/mol. The van der Waals surface area contributed by atoms with Crippen LogP contribution in [0.4, 0.5) is 5.69 Å². The lowest BCUT2D eigenvalue weighted by Gasteiger charge is -2.22. The molecule has 3 aliphatic rings. The second-order valence-corrected chi connectivity index (χ2v) is 6.78. The second-order valence-electron chi connectivity index (χ2n) is 6.78. The molecule has 0 saturated carbocycles. The minimum Gasteiger partial charge on any atom is -0.481 e. The number of amides is 1. The van der Waals surface area contributed by atoms with Crippen molar-refractivity contribution in [2.45, 2.75) is 25.7 Å². The zero-order valence-electron chi connectivity index (χ0n) is 14.3. The molecule has 0 radical (unpaired) electrons. The third-order valence-corrected chi connectivity index (χ3v) is 5.03. The Morgan fingerprint density at radius 2 is 2.00 bits per heavy atom. The number of carbonyl (C=O) groups is 2. The van der Waals surface area contributed by atoms with Crippen molar-refractivity contribution < 1.29 is 14.7 Å². The fraction of sp³-hybridized carbons (Fsp3) is 0.238. The largest absolute Gasteiger partial charge is 0.481 e. The van der Waals surface area contributed by atoms with Crippen molar-refractivity contribution in [2.24, 2.45) is 5.92 Å². The molecule has 5 heteroatoms. The molecule has 0 bridgehead atoms. The quantitative estimate of drug-likeness (QED) is 0.727. The topological polar surface area (TPSA) is 78.4 Å². The molecular formula is C21H20N2O3. The first kappa shape index (κ1) is 16.4. The van der Waals surface area contributed by atoms with Crippen molar-refractivity contribution in [3.05, 3.63) is 70.6 Å². The van der Waals surface area contributed by atoms with Gasteiger partial charge in [0.25, 0.3) is 5.91 Å². The number of rotatable bonds is 4. The molecule has 1 aromatic rings. The van der Waals surface area contributed by atoms with E-state index >= 15 is 0 Å². The lowest BCUT2D eigenvalue weighted by Crippen LogP contribution is -2.16. The van der Waals surface area contributed by atoms with Crippen molar-refractivity contribution in [3.8, 4) is 0 Å². The number of aliphatic carboxylic acids is 1. The van der Waals surface area contributed by atoms with Crippen LogP contribution in [-0.4, -0.2) is 17.0 Å². The van der Waals surface area contributed by atoms with Crippen molar-refractivity contribution in [1.29, 1.82) is 0 Å². The van der Waals surface area contributed by atoms with Crippen LogP contribution in [0.15, 0.2) is 65.0 Å². The number of hydrogen-bond donors (Lipinski definition) is 3. The molecule has 1 atom stereocenters. The normalized spacial score (nSPS) is 23.4. The van der Waals surface area contributed by atoms with Crippen LogP contribution in [0.25, 0.3) is 6.08 Å². The molecule has 1 aliphatic carbocycles. The summed E-state index contributed by atoms with van der Waals surface area (Å²) in [7, 11) is 0. The predicted octanol–water partition coefficient (Wildman–Crippen LogP) is 3.59. The van der Waals surface area contributed by atoms with Crippen molar-refractivity contribution in [2.75, 3.05) is 5.32 Å². The third kappa shape index (κ3) is 3.08. The molecule has 1 aromatic carbocycles. The number of para-hydroxylation sites is 1. The summed E-state index contributed by atoms with van der Waals surface area (Å²) in [6.07, 6.45) is 10.2. The smallest absolute Gasteiger partial charge is 0.303 e. The van der Waals surface area contributed by atoms with Gasteiger partial charge in [-0.05, 0) is 43.0 Å². The number of fused-ring (bicyclic) bond motifs is 2. The minimum absolute atomic E-state index is 0.00439. The molecule has 2 aliphatic heterocycles. The van der Waals surface area contributed by atoms with E-state index in [4.69, 9.17) is 5.11 Å². The summed E-state index contributed by atoms with van der Waals surface area (Å²) in [5.41, 5.74) is 5.80. The Labute approximate surface area is 151 Å². The van der Waals surface area contributed by atoms with E-state index in [9.17, 15) is 9.59 Å². The molecule has 1 unspecified atom stereocenters. The van der Waals surface area contributed by atoms with E-state index in [1.807, 2.05) is 48.6 Å². The number of allylic oxidation sites excluding steroid dienone is 5. The minimum atomic E-state index is -0.770. The van der Waals surface area contributed by atoms with Crippen LogP contribution >= 0.6 is 0 Å². The first-order valence-electron chi connectivity index (χ1n) is 8.83. The van der Waals surface area contributed by atoms with Gasteiger partial charge < -0.3 is 15.7 Å². The zero-order chi connectivity index (χ0) is 18.1. The fourth-order valence-corrected chi connectivity index (χ4v) is 3.74. The summed E-state index contributed by atoms with van der Waals surface area (Å²) in [5.74, 6) is -0.828. The van der Waals surface area contributed by atoms with E-state index in [1.54, 1.807) is 0 Å². The number of carbonyl (C=O) groups excluding carboxylic acids is 1. The summed E-state index contributed by atoms with van der Waals surface area (Å²) in [6, 6.07) is 7.99. The second kappa shape index (κ2) is 6.67. The summed E-state index contributed by atoms with van der Waals surface area (Å²) in [6.45, 7) is 0. The lowest BCUT2D eigenvalue weighted by atomic mass is 9.85. The maximum atomic E-state index is 12.6. The van der Waals surface area contributed by atoms with Crippen LogP contribution < -0.4 is 10.6 Å². The maximum absolute atomic E-state index is 12.6. The van der Waals surface area contributed by atoms with Crippen LogP contribution in [-0.2, 0) is 9.59 Å². The molecule has 5 nitrogen and oxygen atoms in total. The highest BCUT2D eigenvalue weighted by molar-refractivity contribution is 6.01. The summed E-state index contributed by atoms with van der Waals surface area (Å²) in [4.78, 5) is 23.3. The van der Waals surface area contributed by atoms with Gasteiger partial charge >= 0.3 is 5.97 Å². The van der Waals surface area contributed by atoms with Gasteiger partial charge in [0.1, 0.15) is 0 Å². The molecule has 3 N–H and O–H groups in total. The summed E-state index contributed by atoms with van der Waals surface area (Å²) in [5, 5.41) is 15.2. The van der Waals surface area contributed by atoms with Gasteiger partial charge in [0, 0.05) is 35.0 Å². The highest BCUT2D eigenvalue weighted by Gasteiger charge is 2.37. The lowest BCUT2D eigenvalue weighted by molar-refractivity contribution is -0.137. The van der Waals surface area contributed by atoms with E-state index in [1.165, 1.54) is 5.57 Å². The number of carboxylic acids is 1.